The number of benzene rings is 1. The van der Waals surface area contributed by atoms with Crippen LogP contribution < -0.4 is 10.6 Å². The molecule has 26 heavy (non-hydrogen) atoms. The van der Waals surface area contributed by atoms with Crippen LogP contribution in [0.15, 0.2) is 30.3 Å². The molecule has 0 aliphatic carbocycles. The molecule has 1 aromatic carbocycles. The minimum absolute atomic E-state index is 0.367. The van der Waals surface area contributed by atoms with Crippen molar-refractivity contribution < 1.29 is 0 Å². The zero-order valence-electron chi connectivity index (χ0n) is 16.0. The van der Waals surface area contributed by atoms with Crippen molar-refractivity contribution in [2.24, 2.45) is 5.92 Å². The van der Waals surface area contributed by atoms with Crippen molar-refractivity contribution in [1.82, 2.24) is 14.9 Å². The fourth-order valence-corrected chi connectivity index (χ4v) is 3.78. The highest BCUT2D eigenvalue weighted by molar-refractivity contribution is 6.30. The van der Waals surface area contributed by atoms with Gasteiger partial charge in [0, 0.05) is 41.1 Å². The number of rotatable bonds is 6. The number of nitrogens with zero attached hydrogens (tertiary/aromatic N) is 3. The summed E-state index contributed by atoms with van der Waals surface area (Å²) in [6.45, 7) is 11.1. The van der Waals surface area contributed by atoms with Gasteiger partial charge in [0.25, 0.3) is 0 Å². The Morgan fingerprint density at radius 1 is 1.27 bits per heavy atom. The van der Waals surface area contributed by atoms with E-state index in [1.54, 1.807) is 0 Å². The average Bonchev–Trinajstić information content (AvgIpc) is 2.97. The van der Waals surface area contributed by atoms with Crippen molar-refractivity contribution in [3.8, 4) is 0 Å². The molecular formula is C20H28ClN5. The minimum Gasteiger partial charge on any atom is -0.367 e. The molecule has 2 N–H and O–H groups in total. The Morgan fingerprint density at radius 2 is 2.00 bits per heavy atom. The molecule has 2 aromatic rings. The van der Waals surface area contributed by atoms with E-state index in [1.807, 2.05) is 37.3 Å². The van der Waals surface area contributed by atoms with Crippen LogP contribution in [0, 0.1) is 12.8 Å². The number of likely N-dealkylation sites (tertiary alicyclic amines) is 1. The number of anilines is 3. The first-order valence-corrected chi connectivity index (χ1v) is 9.71. The monoisotopic (exact) mass is 373 g/mol. The lowest BCUT2D eigenvalue weighted by molar-refractivity contribution is 0.277. The Labute approximate surface area is 161 Å². The van der Waals surface area contributed by atoms with Gasteiger partial charge in [-0.2, -0.15) is 4.98 Å². The van der Waals surface area contributed by atoms with Crippen LogP contribution >= 0.6 is 11.6 Å². The minimum atomic E-state index is 0.367. The second kappa shape index (κ2) is 8.23. The van der Waals surface area contributed by atoms with Crippen molar-refractivity contribution >= 4 is 29.1 Å². The molecule has 1 aliphatic heterocycles. The Balaban J connectivity index is 1.68. The van der Waals surface area contributed by atoms with Crippen molar-refractivity contribution in [3.05, 3.63) is 41.0 Å². The number of nitrogens with one attached hydrogen (secondary N) is 2. The van der Waals surface area contributed by atoms with E-state index in [2.05, 4.69) is 46.3 Å². The van der Waals surface area contributed by atoms with Crippen LogP contribution in [0.5, 0.6) is 0 Å². The predicted octanol–water partition coefficient (Wildman–Crippen LogP) is 4.71. The lowest BCUT2D eigenvalue weighted by atomic mass is 9.98. The molecule has 1 fully saturated rings. The third-order valence-corrected chi connectivity index (χ3v) is 5.43. The Morgan fingerprint density at radius 3 is 2.65 bits per heavy atom. The van der Waals surface area contributed by atoms with E-state index in [1.165, 1.54) is 6.42 Å². The molecule has 5 nitrogen and oxygen atoms in total. The molecule has 3 rings (SSSR count). The topological polar surface area (TPSA) is 53.1 Å². The number of aryl methyl sites for hydroxylation is 1. The fourth-order valence-electron chi connectivity index (χ4n) is 3.66. The zero-order valence-corrected chi connectivity index (χ0v) is 16.7. The Kier molecular flexibility index (Phi) is 5.99. The van der Waals surface area contributed by atoms with E-state index >= 15 is 0 Å². The third kappa shape index (κ3) is 4.65. The van der Waals surface area contributed by atoms with Gasteiger partial charge in [0.05, 0.1) is 0 Å². The summed E-state index contributed by atoms with van der Waals surface area (Å²) in [6.07, 6.45) is 1.22. The number of halogens is 1. The second-order valence-corrected chi connectivity index (χ2v) is 7.65. The molecule has 6 heteroatoms. The normalized spacial score (nSPS) is 21.6. The lowest BCUT2D eigenvalue weighted by Crippen LogP contribution is -2.30. The van der Waals surface area contributed by atoms with Crippen LogP contribution in [0.25, 0.3) is 0 Å². The van der Waals surface area contributed by atoms with E-state index in [-0.39, 0.29) is 0 Å². The van der Waals surface area contributed by atoms with Crippen molar-refractivity contribution in [2.45, 2.75) is 46.2 Å². The van der Waals surface area contributed by atoms with Crippen LogP contribution in [0.2, 0.25) is 5.02 Å². The molecule has 0 bridgehead atoms. The highest BCUT2D eigenvalue weighted by Crippen LogP contribution is 2.27. The molecule has 0 radical (unpaired) electrons. The van der Waals surface area contributed by atoms with E-state index in [0.29, 0.717) is 29.0 Å². The SMILES string of the molecule is CCN1CC(C(C)Nc2cc(C)nc(Nc3ccc(Cl)cc3)n2)CC1C. The van der Waals surface area contributed by atoms with E-state index in [9.17, 15) is 0 Å². The Hall–Kier alpha value is -1.85. The zero-order chi connectivity index (χ0) is 18.7. The van der Waals surface area contributed by atoms with Gasteiger partial charge in [-0.05, 0) is 63.9 Å². The first-order chi connectivity index (χ1) is 12.4. The first kappa shape index (κ1) is 18.9. The van der Waals surface area contributed by atoms with Gasteiger partial charge in [-0.15, -0.1) is 0 Å². The summed E-state index contributed by atoms with van der Waals surface area (Å²) in [4.78, 5) is 11.7. The summed E-state index contributed by atoms with van der Waals surface area (Å²) >= 11 is 5.94. The molecule has 0 amide bonds. The number of aromatic nitrogens is 2. The van der Waals surface area contributed by atoms with Gasteiger partial charge >= 0.3 is 0 Å². The van der Waals surface area contributed by atoms with E-state index in [0.717, 1.165) is 30.3 Å². The van der Waals surface area contributed by atoms with Gasteiger partial charge in [0.1, 0.15) is 5.82 Å². The third-order valence-electron chi connectivity index (χ3n) is 5.18. The molecular weight excluding hydrogens is 346 g/mol. The smallest absolute Gasteiger partial charge is 0.229 e. The average molecular weight is 374 g/mol. The second-order valence-electron chi connectivity index (χ2n) is 7.22. The highest BCUT2D eigenvalue weighted by atomic mass is 35.5. The number of hydrogen-bond donors (Lipinski definition) is 2. The maximum atomic E-state index is 5.94. The predicted molar refractivity (Wildman–Crippen MR) is 109 cm³/mol. The highest BCUT2D eigenvalue weighted by Gasteiger charge is 2.31. The molecule has 3 unspecified atom stereocenters. The quantitative estimate of drug-likeness (QED) is 0.767. The van der Waals surface area contributed by atoms with E-state index < -0.39 is 0 Å². The largest absolute Gasteiger partial charge is 0.367 e. The van der Waals surface area contributed by atoms with Gasteiger partial charge in [-0.1, -0.05) is 18.5 Å². The molecule has 1 aromatic heterocycles. The molecule has 1 aliphatic rings. The molecule has 1 saturated heterocycles. The maximum absolute atomic E-state index is 5.94. The fraction of sp³-hybridized carbons (Fsp3) is 0.500. The van der Waals surface area contributed by atoms with Crippen LogP contribution in [0.3, 0.4) is 0 Å². The van der Waals surface area contributed by atoms with Crippen LogP contribution in [-0.2, 0) is 0 Å². The summed E-state index contributed by atoms with van der Waals surface area (Å²) < 4.78 is 0. The summed E-state index contributed by atoms with van der Waals surface area (Å²) in [5.41, 5.74) is 1.85. The maximum Gasteiger partial charge on any atom is 0.229 e. The van der Waals surface area contributed by atoms with Crippen molar-refractivity contribution in [1.29, 1.82) is 0 Å². The van der Waals surface area contributed by atoms with Crippen molar-refractivity contribution in [2.75, 3.05) is 23.7 Å². The molecule has 3 atom stereocenters. The summed E-state index contributed by atoms with van der Waals surface area (Å²) in [7, 11) is 0. The van der Waals surface area contributed by atoms with Crippen LogP contribution in [-0.4, -0.2) is 40.0 Å². The van der Waals surface area contributed by atoms with Gasteiger partial charge in [0.15, 0.2) is 0 Å². The van der Waals surface area contributed by atoms with Gasteiger partial charge in [0.2, 0.25) is 5.95 Å². The standard InChI is InChI=1S/C20H28ClN5/c1-5-26-12-16(11-14(26)3)15(4)23-19-10-13(2)22-20(25-19)24-18-8-6-17(21)7-9-18/h6-10,14-16H,5,11-12H2,1-4H3,(H2,22,23,24,25). The molecule has 2 heterocycles. The first-order valence-electron chi connectivity index (χ1n) is 9.33. The summed E-state index contributed by atoms with van der Waals surface area (Å²) in [6, 6.07) is 10.6. The van der Waals surface area contributed by atoms with Crippen LogP contribution in [0.4, 0.5) is 17.5 Å². The molecule has 0 saturated carbocycles. The van der Waals surface area contributed by atoms with Gasteiger partial charge in [-0.3, -0.25) is 0 Å². The number of hydrogen-bond acceptors (Lipinski definition) is 5. The van der Waals surface area contributed by atoms with E-state index in [4.69, 9.17) is 11.6 Å². The summed E-state index contributed by atoms with van der Waals surface area (Å²) in [5, 5.41) is 7.55. The lowest BCUT2D eigenvalue weighted by Gasteiger charge is -2.22. The van der Waals surface area contributed by atoms with Crippen molar-refractivity contribution in [3.63, 3.8) is 0 Å². The van der Waals surface area contributed by atoms with Gasteiger partial charge in [-0.25, -0.2) is 4.98 Å². The molecule has 140 valence electrons. The van der Waals surface area contributed by atoms with Crippen LogP contribution in [0.1, 0.15) is 32.9 Å². The Bertz CT molecular complexity index is 733. The summed E-state index contributed by atoms with van der Waals surface area (Å²) in [5.74, 6) is 2.09. The molecule has 0 spiro atoms. The van der Waals surface area contributed by atoms with Gasteiger partial charge < -0.3 is 15.5 Å².